The quantitative estimate of drug-likeness (QED) is 0.783. The number of nitrogens with one attached hydrogen (secondary N) is 1. The van der Waals surface area contributed by atoms with E-state index in [1.807, 2.05) is 45.0 Å². The Morgan fingerprint density at radius 2 is 2.10 bits per heavy atom. The van der Waals surface area contributed by atoms with E-state index in [0.717, 1.165) is 16.5 Å². The first kappa shape index (κ1) is 13.9. The third-order valence-corrected chi connectivity index (χ3v) is 3.63. The van der Waals surface area contributed by atoms with Crippen LogP contribution in [0.15, 0.2) is 24.3 Å². The van der Waals surface area contributed by atoms with Crippen molar-refractivity contribution in [2.75, 3.05) is 6.54 Å². The van der Waals surface area contributed by atoms with Crippen molar-refractivity contribution in [1.29, 1.82) is 0 Å². The first-order valence-electron chi connectivity index (χ1n) is 7.14. The molecule has 0 spiro atoms. The summed E-state index contributed by atoms with van der Waals surface area (Å²) in [4.78, 5) is 16.8. The molecule has 2 heterocycles. The maximum atomic E-state index is 12.2. The van der Waals surface area contributed by atoms with Gasteiger partial charge in [-0.2, -0.15) is 0 Å². The van der Waals surface area contributed by atoms with Crippen molar-refractivity contribution in [2.24, 2.45) is 0 Å². The molecule has 1 unspecified atom stereocenters. The molecule has 2 aromatic rings. The fraction of sp³-hybridized carbons (Fsp3) is 0.438. The predicted octanol–water partition coefficient (Wildman–Crippen LogP) is 2.95. The normalized spacial score (nSPS) is 18.7. The van der Waals surface area contributed by atoms with Gasteiger partial charge in [-0.05, 0) is 38.8 Å². The zero-order valence-electron chi connectivity index (χ0n) is 12.5. The number of fused-ring (bicyclic) bond motifs is 3. The Morgan fingerprint density at radius 1 is 1.38 bits per heavy atom. The van der Waals surface area contributed by atoms with E-state index in [4.69, 9.17) is 4.74 Å². The van der Waals surface area contributed by atoms with Crippen LogP contribution < -0.4 is 0 Å². The van der Waals surface area contributed by atoms with Gasteiger partial charge in [0.15, 0.2) is 6.23 Å². The molecule has 1 aliphatic rings. The van der Waals surface area contributed by atoms with E-state index in [2.05, 4.69) is 4.98 Å². The first-order valence-corrected chi connectivity index (χ1v) is 7.14. The first-order chi connectivity index (χ1) is 9.87. The van der Waals surface area contributed by atoms with E-state index >= 15 is 0 Å². The lowest BCUT2D eigenvalue weighted by Crippen LogP contribution is -2.43. The second-order valence-corrected chi connectivity index (χ2v) is 6.36. The highest BCUT2D eigenvalue weighted by molar-refractivity contribution is 5.85. The standard InChI is InChI=1S/C16H20N2O3/c1-16(2,3)21-15(20)18-9-8-11-10-6-4-5-7-12(10)17-13(11)14(18)19/h4-7,14,17,19H,8-9H2,1-3H3. The summed E-state index contributed by atoms with van der Waals surface area (Å²) in [5.41, 5.74) is 2.18. The molecule has 0 aliphatic carbocycles. The van der Waals surface area contributed by atoms with Gasteiger partial charge >= 0.3 is 6.09 Å². The van der Waals surface area contributed by atoms with Gasteiger partial charge in [-0.1, -0.05) is 18.2 Å². The van der Waals surface area contributed by atoms with Crippen LogP contribution in [0.4, 0.5) is 4.79 Å². The molecule has 112 valence electrons. The zero-order valence-corrected chi connectivity index (χ0v) is 12.5. The minimum absolute atomic E-state index is 0.449. The minimum atomic E-state index is -0.990. The number of amides is 1. The number of aromatic amines is 1. The summed E-state index contributed by atoms with van der Waals surface area (Å²) in [5, 5.41) is 11.6. The van der Waals surface area contributed by atoms with Crippen LogP contribution in [-0.4, -0.2) is 33.2 Å². The lowest BCUT2D eigenvalue weighted by molar-refractivity contribution is -0.0371. The molecule has 21 heavy (non-hydrogen) atoms. The van der Waals surface area contributed by atoms with Crippen molar-refractivity contribution in [3.05, 3.63) is 35.5 Å². The number of ether oxygens (including phenoxy) is 1. The average molecular weight is 288 g/mol. The maximum Gasteiger partial charge on any atom is 0.412 e. The summed E-state index contributed by atoms with van der Waals surface area (Å²) < 4.78 is 5.35. The molecule has 0 saturated carbocycles. The van der Waals surface area contributed by atoms with Crippen LogP contribution in [0.3, 0.4) is 0 Å². The minimum Gasteiger partial charge on any atom is -0.444 e. The molecule has 1 aliphatic heterocycles. The number of carbonyl (C=O) groups excluding carboxylic acids is 1. The highest BCUT2D eigenvalue weighted by Crippen LogP contribution is 2.33. The molecule has 0 bridgehead atoms. The molecule has 3 rings (SSSR count). The number of rotatable bonds is 0. The van der Waals surface area contributed by atoms with E-state index in [0.29, 0.717) is 18.7 Å². The van der Waals surface area contributed by atoms with Crippen molar-refractivity contribution in [2.45, 2.75) is 39.0 Å². The molecule has 0 saturated heterocycles. The Bertz CT molecular complexity index is 684. The Balaban J connectivity index is 1.92. The molecule has 5 nitrogen and oxygen atoms in total. The summed E-state index contributed by atoms with van der Waals surface area (Å²) in [6.07, 6.45) is -0.773. The molecule has 1 atom stereocenters. The molecule has 1 aromatic heterocycles. The van der Waals surface area contributed by atoms with E-state index in [1.165, 1.54) is 4.90 Å². The van der Waals surface area contributed by atoms with Gasteiger partial charge in [0.25, 0.3) is 0 Å². The van der Waals surface area contributed by atoms with Crippen LogP contribution in [0.2, 0.25) is 0 Å². The van der Waals surface area contributed by atoms with Crippen LogP contribution >= 0.6 is 0 Å². The van der Waals surface area contributed by atoms with Crippen molar-refractivity contribution in [3.8, 4) is 0 Å². The summed E-state index contributed by atoms with van der Waals surface area (Å²) in [6.45, 7) is 5.89. The second-order valence-electron chi connectivity index (χ2n) is 6.36. The Morgan fingerprint density at radius 3 is 2.81 bits per heavy atom. The number of aromatic nitrogens is 1. The molecule has 1 amide bonds. The molecule has 2 N–H and O–H groups in total. The smallest absolute Gasteiger partial charge is 0.412 e. The second kappa shape index (κ2) is 4.77. The zero-order chi connectivity index (χ0) is 15.2. The number of carbonyl (C=O) groups is 1. The SMILES string of the molecule is CC(C)(C)OC(=O)N1CCc2c([nH]c3ccccc23)C1O. The largest absolute Gasteiger partial charge is 0.444 e. The lowest BCUT2D eigenvalue weighted by atomic mass is 10.0. The molecule has 0 fully saturated rings. The number of nitrogens with zero attached hydrogens (tertiary/aromatic N) is 1. The fourth-order valence-corrected chi connectivity index (χ4v) is 2.73. The van der Waals surface area contributed by atoms with Gasteiger partial charge in [0, 0.05) is 17.4 Å². The van der Waals surface area contributed by atoms with Crippen molar-refractivity contribution < 1.29 is 14.6 Å². The van der Waals surface area contributed by atoms with Crippen LogP contribution in [0.1, 0.15) is 38.3 Å². The Hall–Kier alpha value is -2.01. The number of aliphatic hydroxyl groups excluding tert-OH is 1. The highest BCUT2D eigenvalue weighted by Gasteiger charge is 2.34. The molecule has 1 aromatic carbocycles. The van der Waals surface area contributed by atoms with Gasteiger partial charge in [0.2, 0.25) is 0 Å². The fourth-order valence-electron chi connectivity index (χ4n) is 2.73. The van der Waals surface area contributed by atoms with E-state index in [9.17, 15) is 9.90 Å². The van der Waals surface area contributed by atoms with Gasteiger partial charge in [-0.25, -0.2) is 4.79 Å². The maximum absolute atomic E-state index is 12.2. The molecule has 0 radical (unpaired) electrons. The van der Waals surface area contributed by atoms with Crippen LogP contribution in [-0.2, 0) is 11.2 Å². The van der Waals surface area contributed by atoms with Crippen molar-refractivity contribution >= 4 is 17.0 Å². The van der Waals surface area contributed by atoms with E-state index in [-0.39, 0.29) is 0 Å². The van der Waals surface area contributed by atoms with Gasteiger partial charge in [-0.15, -0.1) is 0 Å². The van der Waals surface area contributed by atoms with Gasteiger partial charge < -0.3 is 14.8 Å². The molecular weight excluding hydrogens is 268 g/mol. The Kier molecular flexibility index (Phi) is 3.17. The predicted molar refractivity (Wildman–Crippen MR) is 79.9 cm³/mol. The van der Waals surface area contributed by atoms with Crippen LogP contribution in [0.25, 0.3) is 10.9 Å². The van der Waals surface area contributed by atoms with Crippen molar-refractivity contribution in [1.82, 2.24) is 9.88 Å². The van der Waals surface area contributed by atoms with E-state index < -0.39 is 17.9 Å². The summed E-state index contributed by atoms with van der Waals surface area (Å²) >= 11 is 0. The summed E-state index contributed by atoms with van der Waals surface area (Å²) in [5.74, 6) is 0. The van der Waals surface area contributed by atoms with Crippen LogP contribution in [0, 0.1) is 0 Å². The van der Waals surface area contributed by atoms with Crippen molar-refractivity contribution in [3.63, 3.8) is 0 Å². The van der Waals surface area contributed by atoms with Crippen LogP contribution in [0.5, 0.6) is 0 Å². The third-order valence-electron chi connectivity index (χ3n) is 3.63. The number of aliphatic hydroxyl groups is 1. The lowest BCUT2D eigenvalue weighted by Gasteiger charge is -2.33. The Labute approximate surface area is 123 Å². The van der Waals surface area contributed by atoms with E-state index in [1.54, 1.807) is 0 Å². The third kappa shape index (κ3) is 2.49. The number of para-hydroxylation sites is 1. The number of H-pyrrole nitrogens is 1. The van der Waals surface area contributed by atoms with Gasteiger partial charge in [0.05, 0.1) is 5.69 Å². The highest BCUT2D eigenvalue weighted by atomic mass is 16.6. The number of hydrogen-bond acceptors (Lipinski definition) is 3. The summed E-state index contributed by atoms with van der Waals surface area (Å²) in [7, 11) is 0. The average Bonchev–Trinajstić information content (AvgIpc) is 2.77. The van der Waals surface area contributed by atoms with Gasteiger partial charge in [0.1, 0.15) is 5.60 Å². The number of hydrogen-bond donors (Lipinski definition) is 2. The topological polar surface area (TPSA) is 65.6 Å². The summed E-state index contributed by atoms with van der Waals surface area (Å²) in [6, 6.07) is 7.92. The number of benzene rings is 1. The molecular formula is C16H20N2O3. The monoisotopic (exact) mass is 288 g/mol. The van der Waals surface area contributed by atoms with Gasteiger partial charge in [-0.3, -0.25) is 4.90 Å². The molecule has 5 heteroatoms.